The SMILES string of the molecule is CCC/C=c1/c(=C\N=C(C)Nc2cc([N+](=O)[O-])c(F)cc2OC)cc(-c2ccccc2)c(=O)n1C. The maximum Gasteiger partial charge on any atom is 0.307 e. The number of benzene rings is 2. The van der Waals surface area contributed by atoms with E-state index in [0.717, 1.165) is 41.1 Å². The lowest BCUT2D eigenvalue weighted by Crippen LogP contribution is -2.42. The summed E-state index contributed by atoms with van der Waals surface area (Å²) in [4.78, 5) is 27.8. The third kappa shape index (κ3) is 5.81. The molecule has 9 heteroatoms. The van der Waals surface area contributed by atoms with Gasteiger partial charge in [0.25, 0.3) is 5.56 Å². The van der Waals surface area contributed by atoms with Crippen LogP contribution in [0.3, 0.4) is 0 Å². The molecule has 0 aliphatic heterocycles. The van der Waals surface area contributed by atoms with Crippen molar-refractivity contribution in [2.24, 2.45) is 12.0 Å². The summed E-state index contributed by atoms with van der Waals surface area (Å²) in [6.45, 7) is 3.72. The van der Waals surface area contributed by atoms with Crippen molar-refractivity contribution in [3.63, 3.8) is 0 Å². The zero-order chi connectivity index (χ0) is 25.5. The number of hydrogen-bond acceptors (Lipinski definition) is 5. The van der Waals surface area contributed by atoms with Crippen LogP contribution in [-0.2, 0) is 7.05 Å². The highest BCUT2D eigenvalue weighted by molar-refractivity contribution is 5.96. The lowest BCUT2D eigenvalue weighted by atomic mass is 10.1. The molecule has 1 aromatic heterocycles. The van der Waals surface area contributed by atoms with Gasteiger partial charge in [0.05, 0.1) is 17.7 Å². The summed E-state index contributed by atoms with van der Waals surface area (Å²) in [5.74, 6) is -0.498. The van der Waals surface area contributed by atoms with Gasteiger partial charge in [0.1, 0.15) is 11.6 Å². The minimum atomic E-state index is -0.992. The number of aliphatic imine (C=N–C) groups is 1. The highest BCUT2D eigenvalue weighted by atomic mass is 19.1. The van der Waals surface area contributed by atoms with Gasteiger partial charge in [-0.2, -0.15) is 4.39 Å². The van der Waals surface area contributed by atoms with Gasteiger partial charge >= 0.3 is 5.69 Å². The fourth-order valence-corrected chi connectivity index (χ4v) is 3.58. The first-order chi connectivity index (χ1) is 16.8. The molecule has 3 rings (SSSR count). The minimum absolute atomic E-state index is 0.105. The van der Waals surface area contributed by atoms with E-state index in [1.807, 2.05) is 36.4 Å². The molecule has 1 heterocycles. The molecule has 0 radical (unpaired) electrons. The molecule has 8 nitrogen and oxygen atoms in total. The van der Waals surface area contributed by atoms with Crippen molar-refractivity contribution < 1.29 is 14.1 Å². The van der Waals surface area contributed by atoms with Crippen LogP contribution in [0.1, 0.15) is 26.7 Å². The molecule has 0 unspecified atom stereocenters. The van der Waals surface area contributed by atoms with Crippen molar-refractivity contribution in [3.05, 3.63) is 85.4 Å². The number of aromatic nitrogens is 1. The Bertz CT molecular complexity index is 1450. The molecule has 0 atom stereocenters. The Morgan fingerprint density at radius 1 is 1.26 bits per heavy atom. The summed E-state index contributed by atoms with van der Waals surface area (Å²) < 4.78 is 20.7. The second kappa shape index (κ2) is 11.2. The van der Waals surface area contributed by atoms with Gasteiger partial charge in [0, 0.05) is 41.5 Å². The zero-order valence-corrected chi connectivity index (χ0v) is 20.0. The van der Waals surface area contributed by atoms with E-state index in [4.69, 9.17) is 4.74 Å². The van der Waals surface area contributed by atoms with Gasteiger partial charge < -0.3 is 14.6 Å². The van der Waals surface area contributed by atoms with Crippen LogP contribution in [0.15, 0.2) is 58.3 Å². The number of ether oxygens (including phenoxy) is 1. The van der Waals surface area contributed by atoms with Crippen molar-refractivity contribution in [3.8, 4) is 16.9 Å². The predicted octanol–water partition coefficient (Wildman–Crippen LogP) is 3.96. The van der Waals surface area contributed by atoms with Crippen LogP contribution in [0.25, 0.3) is 23.4 Å². The third-order valence-electron chi connectivity index (χ3n) is 5.38. The van der Waals surface area contributed by atoms with Gasteiger partial charge in [-0.3, -0.25) is 14.9 Å². The molecule has 1 N–H and O–H groups in total. The number of nitrogens with one attached hydrogen (secondary N) is 1. The van der Waals surface area contributed by atoms with E-state index in [1.165, 1.54) is 7.11 Å². The quantitative estimate of drug-likeness (QED) is 0.240. The number of anilines is 1. The van der Waals surface area contributed by atoms with Crippen molar-refractivity contribution in [2.75, 3.05) is 12.4 Å². The Kier molecular flexibility index (Phi) is 8.14. The van der Waals surface area contributed by atoms with Crippen LogP contribution in [0.5, 0.6) is 5.75 Å². The van der Waals surface area contributed by atoms with E-state index in [-0.39, 0.29) is 17.0 Å². The molecule has 35 heavy (non-hydrogen) atoms. The lowest BCUT2D eigenvalue weighted by molar-refractivity contribution is -0.387. The molecule has 3 aromatic rings. The molecule has 0 saturated carbocycles. The average molecular weight is 479 g/mol. The monoisotopic (exact) mass is 478 g/mol. The van der Waals surface area contributed by atoms with Crippen LogP contribution in [-0.4, -0.2) is 22.4 Å². The molecular weight excluding hydrogens is 451 g/mol. The molecule has 0 aliphatic carbocycles. The van der Waals surface area contributed by atoms with Gasteiger partial charge in [-0.1, -0.05) is 49.8 Å². The van der Waals surface area contributed by atoms with E-state index in [1.54, 1.807) is 30.8 Å². The van der Waals surface area contributed by atoms with Gasteiger partial charge in [-0.05, 0) is 25.0 Å². The summed E-state index contributed by atoms with van der Waals surface area (Å²) in [5.41, 5.74) is 0.764. The number of rotatable bonds is 7. The number of hydrogen-bond donors (Lipinski definition) is 1. The van der Waals surface area contributed by atoms with Crippen LogP contribution >= 0.6 is 0 Å². The first-order valence-electron chi connectivity index (χ1n) is 11.1. The van der Waals surface area contributed by atoms with E-state index >= 15 is 0 Å². The predicted molar refractivity (Wildman–Crippen MR) is 137 cm³/mol. The highest BCUT2D eigenvalue weighted by Gasteiger charge is 2.19. The van der Waals surface area contributed by atoms with E-state index in [2.05, 4.69) is 17.2 Å². The number of methoxy groups -OCH3 is 1. The molecule has 182 valence electrons. The Morgan fingerprint density at radius 3 is 2.60 bits per heavy atom. The second-order valence-electron chi connectivity index (χ2n) is 7.85. The second-order valence-corrected chi connectivity index (χ2v) is 7.85. The van der Waals surface area contributed by atoms with Crippen LogP contribution < -0.4 is 26.2 Å². The smallest absolute Gasteiger partial charge is 0.307 e. The number of pyridine rings is 1. The maximum atomic E-state index is 14.0. The van der Waals surface area contributed by atoms with Gasteiger partial charge in [-0.25, -0.2) is 4.99 Å². The van der Waals surface area contributed by atoms with Crippen molar-refractivity contribution >= 4 is 29.5 Å². The maximum absolute atomic E-state index is 14.0. The highest BCUT2D eigenvalue weighted by Crippen LogP contribution is 2.31. The van der Waals surface area contributed by atoms with Crippen molar-refractivity contribution in [1.82, 2.24) is 4.57 Å². The van der Waals surface area contributed by atoms with E-state index in [0.29, 0.717) is 11.4 Å². The van der Waals surface area contributed by atoms with E-state index in [9.17, 15) is 19.3 Å². The summed E-state index contributed by atoms with van der Waals surface area (Å²) in [6.07, 6.45) is 5.32. The van der Waals surface area contributed by atoms with Crippen LogP contribution in [0.2, 0.25) is 0 Å². The number of amidine groups is 1. The molecule has 0 fully saturated rings. The van der Waals surface area contributed by atoms with Crippen LogP contribution in [0.4, 0.5) is 15.8 Å². The summed E-state index contributed by atoms with van der Waals surface area (Å²) in [7, 11) is 3.07. The summed E-state index contributed by atoms with van der Waals surface area (Å²) in [5, 5.41) is 15.5. The Morgan fingerprint density at radius 2 is 1.97 bits per heavy atom. The fraction of sp³-hybridized carbons (Fsp3) is 0.231. The summed E-state index contributed by atoms with van der Waals surface area (Å²) >= 11 is 0. The standard InChI is InChI=1S/C26H27FN4O4/c1-5-6-12-23-19(13-20(26(32)30(23)3)18-10-8-7-9-11-18)16-28-17(2)29-22-15-24(31(33)34)21(27)14-25(22)35-4/h7-16H,5-6H2,1-4H3,(H,28,29)/b19-16-,23-12-. The number of halogens is 1. The van der Waals surface area contributed by atoms with Crippen molar-refractivity contribution in [2.45, 2.75) is 26.7 Å². The molecule has 0 bridgehead atoms. The molecule has 0 amide bonds. The minimum Gasteiger partial charge on any atom is -0.494 e. The molecule has 0 saturated heterocycles. The third-order valence-corrected chi connectivity index (χ3v) is 5.38. The molecule has 2 aromatic carbocycles. The summed E-state index contributed by atoms with van der Waals surface area (Å²) in [6, 6.07) is 13.2. The number of unbranched alkanes of at least 4 members (excludes halogenated alkanes) is 1. The Hall–Kier alpha value is -4.27. The number of nitro benzene ring substituents is 1. The first-order valence-corrected chi connectivity index (χ1v) is 11.1. The molecule has 0 aliphatic rings. The topological polar surface area (TPSA) is 98.8 Å². The molecular formula is C26H27FN4O4. The van der Waals surface area contributed by atoms with Crippen molar-refractivity contribution in [1.29, 1.82) is 0 Å². The zero-order valence-electron chi connectivity index (χ0n) is 20.0. The van der Waals surface area contributed by atoms with E-state index < -0.39 is 16.4 Å². The Labute approximate surface area is 201 Å². The van der Waals surface area contributed by atoms with Crippen LogP contribution in [0, 0.1) is 15.9 Å². The number of nitrogens with zero attached hydrogens (tertiary/aromatic N) is 3. The fourth-order valence-electron chi connectivity index (χ4n) is 3.58. The van der Waals surface area contributed by atoms with Gasteiger partial charge in [0.2, 0.25) is 5.82 Å². The Balaban J connectivity index is 2.12. The number of nitro groups is 1. The molecule has 0 spiro atoms. The van der Waals surface area contributed by atoms with Gasteiger partial charge in [-0.15, -0.1) is 0 Å². The van der Waals surface area contributed by atoms with Gasteiger partial charge in [0.15, 0.2) is 0 Å². The average Bonchev–Trinajstić information content (AvgIpc) is 2.85. The lowest BCUT2D eigenvalue weighted by Gasteiger charge is -2.11. The first kappa shape index (κ1) is 25.4. The normalized spacial score (nSPS) is 12.7. The largest absolute Gasteiger partial charge is 0.494 e.